The Hall–Kier alpha value is -2.76. The van der Waals surface area contributed by atoms with Gasteiger partial charge >= 0.3 is 0 Å². The predicted octanol–water partition coefficient (Wildman–Crippen LogP) is 3.46. The molecular weight excluding hydrogens is 326 g/mol. The molecule has 4 nitrogen and oxygen atoms in total. The third-order valence-electron chi connectivity index (χ3n) is 4.38. The highest BCUT2D eigenvalue weighted by molar-refractivity contribution is 5.95. The van der Waals surface area contributed by atoms with E-state index in [1.54, 1.807) is 17.0 Å². The molecule has 25 heavy (non-hydrogen) atoms. The van der Waals surface area contributed by atoms with Gasteiger partial charge in [0.15, 0.2) is 0 Å². The van der Waals surface area contributed by atoms with Crippen LogP contribution in [0.3, 0.4) is 0 Å². The van der Waals surface area contributed by atoms with Crippen LogP contribution >= 0.6 is 0 Å². The van der Waals surface area contributed by atoms with Crippen molar-refractivity contribution in [3.05, 3.63) is 65.7 Å². The van der Waals surface area contributed by atoms with Gasteiger partial charge in [0.1, 0.15) is 11.6 Å². The van der Waals surface area contributed by atoms with Gasteiger partial charge in [0.25, 0.3) is 5.91 Å². The maximum atomic E-state index is 13.6. The lowest BCUT2D eigenvalue weighted by Crippen LogP contribution is -2.41. The molecule has 2 aromatic carbocycles. The number of carbonyl (C=O) groups excluding carboxylic acids is 2. The lowest BCUT2D eigenvalue weighted by Gasteiger charge is -2.31. The molecule has 0 unspecified atom stereocenters. The fourth-order valence-electron chi connectivity index (χ4n) is 2.92. The first-order chi connectivity index (χ1) is 12.0. The number of hydrogen-bond donors (Lipinski definition) is 1. The molecular formula is C19H18F2N2O2. The Morgan fingerprint density at radius 2 is 1.60 bits per heavy atom. The Morgan fingerprint density at radius 1 is 0.960 bits per heavy atom. The fourth-order valence-corrected chi connectivity index (χ4v) is 2.92. The summed E-state index contributed by atoms with van der Waals surface area (Å²) in [6, 6.07) is 11.4. The number of para-hydroxylation sites is 1. The Bertz CT molecular complexity index is 769. The summed E-state index contributed by atoms with van der Waals surface area (Å²) in [6.07, 6.45) is 1.01. The van der Waals surface area contributed by atoms with E-state index in [1.165, 1.54) is 36.4 Å². The van der Waals surface area contributed by atoms with Gasteiger partial charge in [0.05, 0.1) is 5.69 Å². The zero-order valence-corrected chi connectivity index (χ0v) is 13.5. The van der Waals surface area contributed by atoms with Gasteiger partial charge in [-0.1, -0.05) is 12.1 Å². The maximum absolute atomic E-state index is 13.6. The van der Waals surface area contributed by atoms with Crippen LogP contribution in [-0.4, -0.2) is 29.8 Å². The number of nitrogens with zero attached hydrogens (tertiary/aromatic N) is 1. The number of amides is 2. The summed E-state index contributed by atoms with van der Waals surface area (Å²) in [6.45, 7) is 0.872. The Labute approximate surface area is 144 Å². The minimum absolute atomic E-state index is 0.164. The molecule has 6 heteroatoms. The molecule has 0 bridgehead atoms. The topological polar surface area (TPSA) is 49.4 Å². The van der Waals surface area contributed by atoms with E-state index in [-0.39, 0.29) is 29.2 Å². The van der Waals surface area contributed by atoms with E-state index in [2.05, 4.69) is 5.32 Å². The van der Waals surface area contributed by atoms with Crippen molar-refractivity contribution in [3.8, 4) is 0 Å². The van der Waals surface area contributed by atoms with Crippen molar-refractivity contribution in [2.75, 3.05) is 18.4 Å². The van der Waals surface area contributed by atoms with Crippen LogP contribution in [0, 0.1) is 17.6 Å². The van der Waals surface area contributed by atoms with Gasteiger partial charge in [-0.05, 0) is 49.2 Å². The molecule has 0 spiro atoms. The lowest BCUT2D eigenvalue weighted by atomic mass is 9.95. The van der Waals surface area contributed by atoms with Gasteiger partial charge in [-0.15, -0.1) is 0 Å². The van der Waals surface area contributed by atoms with Gasteiger partial charge in [-0.3, -0.25) is 9.59 Å². The third-order valence-corrected chi connectivity index (χ3v) is 4.38. The molecule has 0 aromatic heterocycles. The van der Waals surface area contributed by atoms with Gasteiger partial charge in [-0.25, -0.2) is 8.78 Å². The molecule has 0 radical (unpaired) electrons. The number of piperidine rings is 1. The molecule has 3 rings (SSSR count). The summed E-state index contributed by atoms with van der Waals surface area (Å²) in [7, 11) is 0. The van der Waals surface area contributed by atoms with Gasteiger partial charge < -0.3 is 10.2 Å². The van der Waals surface area contributed by atoms with Crippen molar-refractivity contribution in [2.24, 2.45) is 5.92 Å². The van der Waals surface area contributed by atoms with Crippen LogP contribution in [0.4, 0.5) is 14.5 Å². The number of anilines is 1. The first-order valence-corrected chi connectivity index (χ1v) is 8.15. The number of likely N-dealkylation sites (tertiary alicyclic amines) is 1. The van der Waals surface area contributed by atoms with Crippen molar-refractivity contribution in [2.45, 2.75) is 12.8 Å². The quantitative estimate of drug-likeness (QED) is 0.927. The minimum Gasteiger partial charge on any atom is -0.339 e. The largest absolute Gasteiger partial charge is 0.339 e. The van der Waals surface area contributed by atoms with Crippen LogP contribution in [0.2, 0.25) is 0 Å². The number of halogens is 2. The van der Waals surface area contributed by atoms with Gasteiger partial charge in [0, 0.05) is 24.6 Å². The summed E-state index contributed by atoms with van der Waals surface area (Å²) in [4.78, 5) is 26.3. The Morgan fingerprint density at radius 3 is 2.24 bits per heavy atom. The van der Waals surface area contributed by atoms with E-state index in [1.807, 2.05) is 0 Å². The first kappa shape index (κ1) is 17.1. The monoisotopic (exact) mass is 344 g/mol. The van der Waals surface area contributed by atoms with Crippen LogP contribution in [0.25, 0.3) is 0 Å². The van der Waals surface area contributed by atoms with Crippen molar-refractivity contribution in [3.63, 3.8) is 0 Å². The minimum atomic E-state index is -0.472. The second kappa shape index (κ2) is 7.42. The molecule has 0 atom stereocenters. The smallest absolute Gasteiger partial charge is 0.253 e. The predicted molar refractivity (Wildman–Crippen MR) is 90.1 cm³/mol. The molecule has 2 amide bonds. The number of carbonyl (C=O) groups is 2. The summed E-state index contributed by atoms with van der Waals surface area (Å²) in [5.74, 6) is -1.54. The summed E-state index contributed by atoms with van der Waals surface area (Å²) < 4.78 is 26.6. The Kier molecular flexibility index (Phi) is 5.07. The van der Waals surface area contributed by atoms with Crippen molar-refractivity contribution < 1.29 is 18.4 Å². The normalized spacial score (nSPS) is 15.0. The summed E-state index contributed by atoms with van der Waals surface area (Å²) in [5.41, 5.74) is 0.591. The highest BCUT2D eigenvalue weighted by Crippen LogP contribution is 2.22. The van der Waals surface area contributed by atoms with Gasteiger partial charge in [0.2, 0.25) is 5.91 Å². The highest BCUT2D eigenvalue weighted by Gasteiger charge is 2.28. The molecule has 1 N–H and O–H groups in total. The van der Waals surface area contributed by atoms with Crippen molar-refractivity contribution >= 4 is 17.5 Å². The van der Waals surface area contributed by atoms with E-state index in [9.17, 15) is 18.4 Å². The molecule has 1 fully saturated rings. The van der Waals surface area contributed by atoms with Crippen molar-refractivity contribution in [1.29, 1.82) is 0 Å². The molecule has 0 aliphatic carbocycles. The molecule has 1 heterocycles. The zero-order valence-electron chi connectivity index (χ0n) is 13.5. The van der Waals surface area contributed by atoms with E-state index < -0.39 is 5.82 Å². The Balaban J connectivity index is 1.56. The number of benzene rings is 2. The van der Waals surface area contributed by atoms with E-state index in [4.69, 9.17) is 0 Å². The first-order valence-electron chi connectivity index (χ1n) is 8.15. The van der Waals surface area contributed by atoms with E-state index in [0.717, 1.165) is 0 Å². The number of hydrogen-bond acceptors (Lipinski definition) is 2. The molecule has 2 aromatic rings. The third kappa shape index (κ3) is 4.02. The van der Waals surface area contributed by atoms with Crippen molar-refractivity contribution in [1.82, 2.24) is 4.90 Å². The van der Waals surface area contributed by atoms with Crippen LogP contribution in [0.15, 0.2) is 48.5 Å². The number of nitrogens with one attached hydrogen (secondary N) is 1. The number of rotatable bonds is 3. The average Bonchev–Trinajstić information content (AvgIpc) is 2.64. The van der Waals surface area contributed by atoms with E-state index in [0.29, 0.717) is 31.5 Å². The summed E-state index contributed by atoms with van der Waals surface area (Å²) >= 11 is 0. The van der Waals surface area contributed by atoms with Crippen LogP contribution in [0.1, 0.15) is 23.2 Å². The SMILES string of the molecule is O=C(Nc1ccccc1F)C1CCN(C(=O)c2ccc(F)cc2)CC1. The molecule has 1 saturated heterocycles. The van der Waals surface area contributed by atoms with Crippen LogP contribution in [-0.2, 0) is 4.79 Å². The molecule has 0 saturated carbocycles. The zero-order chi connectivity index (χ0) is 17.8. The molecule has 1 aliphatic heterocycles. The molecule has 130 valence electrons. The standard InChI is InChI=1S/C19H18F2N2O2/c20-15-7-5-14(6-8-15)19(25)23-11-9-13(10-12-23)18(24)22-17-4-2-1-3-16(17)21/h1-8,13H,9-12H2,(H,22,24). The maximum Gasteiger partial charge on any atom is 0.253 e. The second-order valence-electron chi connectivity index (χ2n) is 6.04. The highest BCUT2D eigenvalue weighted by atomic mass is 19.1. The lowest BCUT2D eigenvalue weighted by molar-refractivity contribution is -0.121. The van der Waals surface area contributed by atoms with Crippen LogP contribution < -0.4 is 5.32 Å². The van der Waals surface area contributed by atoms with Crippen LogP contribution in [0.5, 0.6) is 0 Å². The fraction of sp³-hybridized carbons (Fsp3) is 0.263. The molecule has 1 aliphatic rings. The summed E-state index contributed by atoms with van der Waals surface area (Å²) in [5, 5.41) is 2.60. The van der Waals surface area contributed by atoms with E-state index >= 15 is 0 Å². The van der Waals surface area contributed by atoms with Gasteiger partial charge in [-0.2, -0.15) is 0 Å². The average molecular weight is 344 g/mol. The second-order valence-corrected chi connectivity index (χ2v) is 6.04.